The van der Waals surface area contributed by atoms with Crippen molar-refractivity contribution < 1.29 is 28.3 Å². The zero-order chi connectivity index (χ0) is 19.4. The van der Waals surface area contributed by atoms with Crippen LogP contribution in [-0.4, -0.2) is 73.0 Å². The smallest absolute Gasteiger partial charge is 0.323 e. The summed E-state index contributed by atoms with van der Waals surface area (Å²) < 4.78 is 26.5. The molecule has 1 fully saturated rings. The summed E-state index contributed by atoms with van der Waals surface area (Å²) in [4.78, 5) is 40.4. The van der Waals surface area contributed by atoms with Crippen LogP contribution in [0.15, 0.2) is 18.2 Å². The van der Waals surface area contributed by atoms with Crippen molar-refractivity contribution in [2.24, 2.45) is 5.92 Å². The maximum absolute atomic E-state index is 13.4. The average molecular weight is 369 g/mol. The van der Waals surface area contributed by atoms with Gasteiger partial charge in [-0.15, -0.1) is 0 Å². The Morgan fingerprint density at radius 3 is 2.50 bits per heavy atom. The van der Waals surface area contributed by atoms with Gasteiger partial charge in [0.2, 0.25) is 11.8 Å². The fourth-order valence-corrected chi connectivity index (χ4v) is 2.79. The Hall–Kier alpha value is -2.55. The topological polar surface area (TPSA) is 81.2 Å². The fourth-order valence-electron chi connectivity index (χ4n) is 2.79. The van der Waals surface area contributed by atoms with Gasteiger partial charge in [0.1, 0.15) is 12.5 Å². The Morgan fingerprint density at radius 1 is 1.23 bits per heavy atom. The summed E-state index contributed by atoms with van der Waals surface area (Å²) in [6, 6.07) is 3.09. The largest absolute Gasteiger partial charge is 0.480 e. The monoisotopic (exact) mass is 369 g/mol. The summed E-state index contributed by atoms with van der Waals surface area (Å²) in [7, 11) is 3.57. The van der Waals surface area contributed by atoms with E-state index in [1.807, 2.05) is 0 Å². The third-order valence-corrected chi connectivity index (χ3v) is 4.17. The number of hydrogen-bond donors (Lipinski definition) is 1. The lowest BCUT2D eigenvalue weighted by atomic mass is 10.1. The first-order chi connectivity index (χ1) is 12.2. The predicted molar refractivity (Wildman–Crippen MR) is 89.6 cm³/mol. The minimum atomic E-state index is -1.17. The minimum Gasteiger partial charge on any atom is -0.480 e. The van der Waals surface area contributed by atoms with Gasteiger partial charge in [0.25, 0.3) is 0 Å². The molecule has 1 N–H and O–H groups in total. The summed E-state index contributed by atoms with van der Waals surface area (Å²) in [6.07, 6.45) is 0.189. The van der Waals surface area contributed by atoms with Gasteiger partial charge in [-0.05, 0) is 32.6 Å². The van der Waals surface area contributed by atoms with Crippen LogP contribution >= 0.6 is 0 Å². The van der Waals surface area contributed by atoms with E-state index in [1.54, 1.807) is 19.0 Å². The molecule has 0 aliphatic carbocycles. The summed E-state index contributed by atoms with van der Waals surface area (Å²) in [6.45, 7) is 0.302. The van der Waals surface area contributed by atoms with E-state index in [0.29, 0.717) is 6.54 Å². The number of benzene rings is 1. The molecule has 1 unspecified atom stereocenters. The molecule has 0 bridgehead atoms. The van der Waals surface area contributed by atoms with E-state index in [4.69, 9.17) is 5.11 Å². The molecule has 1 heterocycles. The molecule has 1 saturated heterocycles. The number of anilines is 1. The Balaban J connectivity index is 2.14. The van der Waals surface area contributed by atoms with Crippen LogP contribution in [-0.2, 0) is 14.4 Å². The van der Waals surface area contributed by atoms with Crippen LogP contribution in [0.5, 0.6) is 0 Å². The van der Waals surface area contributed by atoms with Crippen molar-refractivity contribution in [2.45, 2.75) is 6.42 Å². The Morgan fingerprint density at radius 2 is 1.92 bits per heavy atom. The fraction of sp³-hybridized carbons (Fsp3) is 0.471. The zero-order valence-electron chi connectivity index (χ0n) is 14.6. The van der Waals surface area contributed by atoms with Gasteiger partial charge in [-0.3, -0.25) is 14.4 Å². The SMILES string of the molecule is CN(C)CCN(CC(=O)O)C(=O)C1CCN(c2ccc(F)c(F)c2)C1=O. The van der Waals surface area contributed by atoms with Gasteiger partial charge in [-0.2, -0.15) is 0 Å². The van der Waals surface area contributed by atoms with Crippen LogP contribution in [0.4, 0.5) is 14.5 Å². The van der Waals surface area contributed by atoms with Gasteiger partial charge in [0.05, 0.1) is 0 Å². The molecule has 2 amide bonds. The van der Waals surface area contributed by atoms with Crippen LogP contribution < -0.4 is 4.90 Å². The van der Waals surface area contributed by atoms with Crippen molar-refractivity contribution in [1.29, 1.82) is 0 Å². The molecule has 142 valence electrons. The molecule has 1 aromatic carbocycles. The van der Waals surface area contributed by atoms with Gasteiger partial charge in [-0.25, -0.2) is 8.78 Å². The van der Waals surface area contributed by atoms with Crippen LogP contribution in [0, 0.1) is 17.6 Å². The van der Waals surface area contributed by atoms with Gasteiger partial charge >= 0.3 is 5.97 Å². The molecule has 1 atom stereocenters. The quantitative estimate of drug-likeness (QED) is 0.719. The van der Waals surface area contributed by atoms with E-state index in [0.717, 1.165) is 17.0 Å². The maximum atomic E-state index is 13.4. The van der Waals surface area contributed by atoms with Crippen molar-refractivity contribution in [1.82, 2.24) is 9.80 Å². The van der Waals surface area contributed by atoms with Gasteiger partial charge in [0.15, 0.2) is 11.6 Å². The molecule has 26 heavy (non-hydrogen) atoms. The highest BCUT2D eigenvalue weighted by molar-refractivity contribution is 6.10. The molecule has 1 aliphatic rings. The molecule has 0 aromatic heterocycles. The lowest BCUT2D eigenvalue weighted by Gasteiger charge is -2.25. The highest BCUT2D eigenvalue weighted by Crippen LogP contribution is 2.27. The summed E-state index contributed by atoms with van der Waals surface area (Å²) in [5.41, 5.74) is 0.169. The van der Waals surface area contributed by atoms with Crippen molar-refractivity contribution >= 4 is 23.5 Å². The first-order valence-corrected chi connectivity index (χ1v) is 8.12. The van der Waals surface area contributed by atoms with Crippen LogP contribution in [0.2, 0.25) is 0 Å². The molecule has 7 nitrogen and oxygen atoms in total. The van der Waals surface area contributed by atoms with Gasteiger partial charge in [0, 0.05) is 31.4 Å². The number of amides is 2. The molecule has 1 aromatic rings. The number of carbonyl (C=O) groups is 3. The van der Waals surface area contributed by atoms with Gasteiger partial charge in [-0.1, -0.05) is 0 Å². The van der Waals surface area contributed by atoms with Gasteiger partial charge < -0.3 is 19.8 Å². The number of rotatable bonds is 7. The molecule has 9 heteroatoms. The van der Waals surface area contributed by atoms with E-state index in [1.165, 1.54) is 11.0 Å². The number of aliphatic carboxylic acids is 1. The number of carboxylic acids is 1. The standard InChI is InChI=1S/C17H21F2N3O4/c1-20(2)7-8-21(10-15(23)24)16(25)12-5-6-22(17(12)26)11-3-4-13(18)14(19)9-11/h3-4,9,12H,5-8,10H2,1-2H3,(H,23,24). The molecular formula is C17H21F2N3O4. The number of carboxylic acid groups (broad SMARTS) is 1. The summed E-state index contributed by atoms with van der Waals surface area (Å²) in [5.74, 6) is -5.40. The molecule has 2 rings (SSSR count). The number of carbonyl (C=O) groups excluding carboxylic acids is 2. The molecule has 0 radical (unpaired) electrons. The molecule has 0 spiro atoms. The van der Waals surface area contributed by atoms with Crippen LogP contribution in [0.25, 0.3) is 0 Å². The maximum Gasteiger partial charge on any atom is 0.323 e. The van der Waals surface area contributed by atoms with Crippen molar-refractivity contribution in [3.63, 3.8) is 0 Å². The number of nitrogens with zero attached hydrogens (tertiary/aromatic N) is 3. The Labute approximate surface area is 149 Å². The predicted octanol–water partition coefficient (Wildman–Crippen LogP) is 0.793. The number of hydrogen-bond acceptors (Lipinski definition) is 4. The molecule has 0 saturated carbocycles. The first kappa shape index (κ1) is 19.8. The zero-order valence-corrected chi connectivity index (χ0v) is 14.6. The van der Waals surface area contributed by atoms with E-state index < -0.39 is 41.9 Å². The molecule has 1 aliphatic heterocycles. The van der Waals surface area contributed by atoms with Crippen molar-refractivity contribution in [3.8, 4) is 0 Å². The van der Waals surface area contributed by atoms with Crippen LogP contribution in [0.3, 0.4) is 0 Å². The second-order valence-corrected chi connectivity index (χ2v) is 6.39. The Bertz CT molecular complexity index is 711. The van der Waals surface area contributed by atoms with E-state index in [2.05, 4.69) is 0 Å². The normalized spacial score (nSPS) is 17.0. The third-order valence-electron chi connectivity index (χ3n) is 4.17. The third kappa shape index (κ3) is 4.54. The summed E-state index contributed by atoms with van der Waals surface area (Å²) in [5, 5.41) is 9.01. The lowest BCUT2D eigenvalue weighted by molar-refractivity contribution is -0.148. The first-order valence-electron chi connectivity index (χ1n) is 8.12. The van der Waals surface area contributed by atoms with Crippen LogP contribution in [0.1, 0.15) is 6.42 Å². The second-order valence-electron chi connectivity index (χ2n) is 6.39. The lowest BCUT2D eigenvalue weighted by Crippen LogP contribution is -2.45. The van der Waals surface area contributed by atoms with E-state index in [-0.39, 0.29) is 25.2 Å². The average Bonchev–Trinajstić information content (AvgIpc) is 2.94. The number of likely N-dealkylation sites (N-methyl/N-ethyl adjacent to an activating group) is 1. The highest BCUT2D eigenvalue weighted by atomic mass is 19.2. The van der Waals surface area contributed by atoms with Crippen molar-refractivity contribution in [2.75, 3.05) is 45.2 Å². The van der Waals surface area contributed by atoms with E-state index in [9.17, 15) is 23.2 Å². The minimum absolute atomic E-state index is 0.169. The second kappa shape index (κ2) is 8.22. The van der Waals surface area contributed by atoms with E-state index >= 15 is 0 Å². The highest BCUT2D eigenvalue weighted by Gasteiger charge is 2.40. The molecular weight excluding hydrogens is 348 g/mol. The summed E-state index contributed by atoms with van der Waals surface area (Å²) >= 11 is 0. The van der Waals surface area contributed by atoms with Crippen molar-refractivity contribution in [3.05, 3.63) is 29.8 Å². The number of halogens is 2. The Kier molecular flexibility index (Phi) is 6.25.